The van der Waals surface area contributed by atoms with Crippen LogP contribution in [0.3, 0.4) is 0 Å². The molecule has 3 N–H and O–H groups in total. The van der Waals surface area contributed by atoms with Crippen molar-refractivity contribution in [3.63, 3.8) is 0 Å². The fraction of sp³-hybridized carbons (Fsp3) is 0.167. The number of rotatable bonds is 9. The molecule has 3 aromatic rings. The van der Waals surface area contributed by atoms with Gasteiger partial charge in [-0.3, -0.25) is 4.79 Å². The number of carboxylic acids is 1. The first-order valence-electron chi connectivity index (χ1n) is 9.89. The van der Waals surface area contributed by atoms with Gasteiger partial charge in [0.1, 0.15) is 0 Å². The third-order valence-corrected chi connectivity index (χ3v) is 5.91. The van der Waals surface area contributed by atoms with Crippen molar-refractivity contribution in [2.24, 2.45) is 0 Å². The number of halogens is 2. The molecule has 0 aliphatic heterocycles. The van der Waals surface area contributed by atoms with Crippen LogP contribution in [0.1, 0.15) is 21.5 Å². The predicted octanol–water partition coefficient (Wildman–Crippen LogP) is 5.59. The molecule has 0 atom stereocenters. The minimum Gasteiger partial charge on any atom is -0.493 e. The Kier molecular flexibility index (Phi) is 8.40. The molecule has 3 aromatic carbocycles. The molecule has 1 amide bonds. The third kappa shape index (κ3) is 6.75. The normalized spacial score (nSPS) is 10.4. The highest BCUT2D eigenvalue weighted by Crippen LogP contribution is 2.34. The highest BCUT2D eigenvalue weighted by atomic mass is 127. The van der Waals surface area contributed by atoms with Crippen molar-refractivity contribution in [2.75, 3.05) is 24.4 Å². The van der Waals surface area contributed by atoms with E-state index in [0.29, 0.717) is 34.4 Å². The molecule has 172 valence electrons. The van der Waals surface area contributed by atoms with E-state index >= 15 is 0 Å². The fourth-order valence-corrected chi connectivity index (χ4v) is 3.99. The Hall–Kier alpha value is -2.98. The maximum atomic E-state index is 12.3. The largest absolute Gasteiger partial charge is 0.493 e. The van der Waals surface area contributed by atoms with Crippen molar-refractivity contribution in [2.45, 2.75) is 13.5 Å². The summed E-state index contributed by atoms with van der Waals surface area (Å²) in [5.74, 6) is -0.348. The number of nitrogens with one attached hydrogen (secondary N) is 2. The van der Waals surface area contributed by atoms with E-state index in [0.717, 1.165) is 14.7 Å². The summed E-state index contributed by atoms with van der Waals surface area (Å²) in [6.07, 6.45) is 0. The number of anilines is 2. The first kappa shape index (κ1) is 24.7. The average Bonchev–Trinajstić information content (AvgIpc) is 2.79. The monoisotopic (exact) mass is 580 g/mol. The van der Waals surface area contributed by atoms with E-state index in [4.69, 9.17) is 26.2 Å². The van der Waals surface area contributed by atoms with Crippen LogP contribution in [0.25, 0.3) is 0 Å². The molecule has 33 heavy (non-hydrogen) atoms. The van der Waals surface area contributed by atoms with Gasteiger partial charge in [-0.1, -0.05) is 23.7 Å². The Bertz CT molecular complexity index is 1190. The lowest BCUT2D eigenvalue weighted by Crippen LogP contribution is -2.20. The summed E-state index contributed by atoms with van der Waals surface area (Å²) in [5, 5.41) is 15.7. The van der Waals surface area contributed by atoms with E-state index in [1.54, 1.807) is 30.3 Å². The molecule has 0 aliphatic carbocycles. The molecule has 0 saturated heterocycles. The number of carbonyl (C=O) groups is 2. The fourth-order valence-electron chi connectivity index (χ4n) is 2.99. The maximum Gasteiger partial charge on any atom is 0.335 e. The predicted molar refractivity (Wildman–Crippen MR) is 137 cm³/mol. The number of methoxy groups -OCH3 is 1. The molecule has 9 heteroatoms. The molecular formula is C24H22ClIN2O5. The van der Waals surface area contributed by atoms with E-state index in [2.05, 4.69) is 33.2 Å². The van der Waals surface area contributed by atoms with Crippen LogP contribution in [0.15, 0.2) is 54.6 Å². The zero-order valence-corrected chi connectivity index (χ0v) is 20.9. The van der Waals surface area contributed by atoms with Crippen LogP contribution in [0.4, 0.5) is 11.4 Å². The number of hydrogen-bond acceptors (Lipinski definition) is 5. The van der Waals surface area contributed by atoms with E-state index in [9.17, 15) is 9.59 Å². The van der Waals surface area contributed by atoms with Crippen molar-refractivity contribution < 1.29 is 24.2 Å². The molecule has 0 radical (unpaired) electrons. The van der Waals surface area contributed by atoms with Gasteiger partial charge in [-0.25, -0.2) is 4.79 Å². The molecule has 0 aromatic heterocycles. The second-order valence-corrected chi connectivity index (χ2v) is 8.72. The number of hydrogen-bond donors (Lipinski definition) is 3. The minimum absolute atomic E-state index is 0.197. The van der Waals surface area contributed by atoms with Crippen molar-refractivity contribution in [1.82, 2.24) is 0 Å². The summed E-state index contributed by atoms with van der Waals surface area (Å²) >= 11 is 8.22. The lowest BCUT2D eigenvalue weighted by atomic mass is 10.1. The highest BCUT2D eigenvalue weighted by molar-refractivity contribution is 14.1. The molecule has 0 bridgehead atoms. The Morgan fingerprint density at radius 2 is 1.88 bits per heavy atom. The highest BCUT2D eigenvalue weighted by Gasteiger charge is 2.14. The molecule has 0 heterocycles. The number of ether oxygens (including phenoxy) is 2. The summed E-state index contributed by atoms with van der Waals surface area (Å²) in [5.41, 5.74) is 3.32. The van der Waals surface area contributed by atoms with Crippen molar-refractivity contribution >= 4 is 57.4 Å². The van der Waals surface area contributed by atoms with Gasteiger partial charge in [0.15, 0.2) is 18.1 Å². The van der Waals surface area contributed by atoms with Crippen LogP contribution in [-0.2, 0) is 11.3 Å². The Balaban J connectivity index is 1.64. The molecule has 0 unspecified atom stereocenters. The quantitative estimate of drug-likeness (QED) is 0.286. The van der Waals surface area contributed by atoms with Gasteiger partial charge in [0.25, 0.3) is 5.91 Å². The smallest absolute Gasteiger partial charge is 0.335 e. The van der Waals surface area contributed by atoms with E-state index < -0.39 is 5.97 Å². The number of benzene rings is 3. The van der Waals surface area contributed by atoms with E-state index in [-0.39, 0.29) is 18.1 Å². The van der Waals surface area contributed by atoms with E-state index in [1.807, 2.05) is 25.1 Å². The minimum atomic E-state index is -0.981. The van der Waals surface area contributed by atoms with Crippen LogP contribution < -0.4 is 20.1 Å². The van der Waals surface area contributed by atoms with Crippen molar-refractivity contribution in [1.29, 1.82) is 0 Å². The van der Waals surface area contributed by atoms with Gasteiger partial charge in [0.05, 0.1) is 16.2 Å². The number of aryl methyl sites for hydroxylation is 1. The lowest BCUT2D eigenvalue weighted by Gasteiger charge is -2.15. The zero-order chi connectivity index (χ0) is 24.0. The molecule has 0 saturated carbocycles. The summed E-state index contributed by atoms with van der Waals surface area (Å²) < 4.78 is 12.0. The molecule has 3 rings (SSSR count). The lowest BCUT2D eigenvalue weighted by molar-refractivity contribution is -0.118. The van der Waals surface area contributed by atoms with Gasteiger partial charge >= 0.3 is 5.97 Å². The number of carboxylic acid groups (broad SMARTS) is 1. The summed E-state index contributed by atoms with van der Waals surface area (Å²) in [7, 11) is 1.53. The summed E-state index contributed by atoms with van der Waals surface area (Å²) in [4.78, 5) is 23.5. The van der Waals surface area contributed by atoms with Crippen molar-refractivity contribution in [3.8, 4) is 11.5 Å². The van der Waals surface area contributed by atoms with Gasteiger partial charge in [0, 0.05) is 22.9 Å². The van der Waals surface area contributed by atoms with Crippen LogP contribution >= 0.6 is 34.2 Å². The second-order valence-electron chi connectivity index (χ2n) is 7.15. The Morgan fingerprint density at radius 3 is 2.58 bits per heavy atom. The SMILES string of the molecule is COc1cc(CNc2cccc(C(=O)O)c2)cc(I)c1OCC(=O)Nc1ccc(C)c(Cl)c1. The number of carbonyl (C=O) groups excluding carboxylic acids is 1. The van der Waals surface area contributed by atoms with Crippen LogP contribution in [0.2, 0.25) is 5.02 Å². The molecule has 0 spiro atoms. The van der Waals surface area contributed by atoms with Crippen molar-refractivity contribution in [3.05, 3.63) is 79.9 Å². The first-order chi connectivity index (χ1) is 15.8. The van der Waals surface area contributed by atoms with Gasteiger partial charge in [-0.2, -0.15) is 0 Å². The van der Waals surface area contributed by atoms with E-state index in [1.165, 1.54) is 13.2 Å². The molecular weight excluding hydrogens is 559 g/mol. The van der Waals surface area contributed by atoms with Gasteiger partial charge in [-0.15, -0.1) is 0 Å². The van der Waals surface area contributed by atoms with Gasteiger partial charge < -0.3 is 25.2 Å². The number of aromatic carboxylic acids is 1. The standard InChI is InChI=1S/C24H22ClIN2O5/c1-14-6-7-18(11-19(14)25)28-22(29)13-33-23-20(26)8-15(9-21(23)32-2)12-27-17-5-3-4-16(10-17)24(30)31/h3-11,27H,12-13H2,1-2H3,(H,28,29)(H,30,31). The molecule has 0 fully saturated rings. The zero-order valence-electron chi connectivity index (χ0n) is 17.9. The Labute approximate surface area is 210 Å². The van der Waals surface area contributed by atoms with Crippen LogP contribution in [0.5, 0.6) is 11.5 Å². The topological polar surface area (TPSA) is 96.9 Å². The third-order valence-electron chi connectivity index (χ3n) is 4.70. The first-order valence-corrected chi connectivity index (χ1v) is 11.3. The molecule has 0 aliphatic rings. The maximum absolute atomic E-state index is 12.3. The van der Waals surface area contributed by atoms with Crippen LogP contribution in [-0.4, -0.2) is 30.7 Å². The molecule has 7 nitrogen and oxygen atoms in total. The van der Waals surface area contributed by atoms with Gasteiger partial charge in [-0.05, 0) is 83.1 Å². The number of amides is 1. The summed E-state index contributed by atoms with van der Waals surface area (Å²) in [6.45, 7) is 2.14. The summed E-state index contributed by atoms with van der Waals surface area (Å²) in [6, 6.07) is 15.6. The second kappa shape index (κ2) is 11.2. The average molecular weight is 581 g/mol. The van der Waals surface area contributed by atoms with Crippen LogP contribution in [0, 0.1) is 10.5 Å². The van der Waals surface area contributed by atoms with Gasteiger partial charge in [0.2, 0.25) is 0 Å². The Morgan fingerprint density at radius 1 is 1.09 bits per heavy atom.